The van der Waals surface area contributed by atoms with Gasteiger partial charge in [0.15, 0.2) is 0 Å². The van der Waals surface area contributed by atoms with Crippen molar-refractivity contribution in [2.24, 2.45) is 0 Å². The summed E-state index contributed by atoms with van der Waals surface area (Å²) in [6.45, 7) is 1.39. The maximum absolute atomic E-state index is 14.0. The van der Waals surface area contributed by atoms with Gasteiger partial charge < -0.3 is 20.5 Å². The molecule has 0 unspecified atom stereocenters. The van der Waals surface area contributed by atoms with Crippen LogP contribution in [0.3, 0.4) is 0 Å². The molecule has 0 spiro atoms. The summed E-state index contributed by atoms with van der Waals surface area (Å²) in [5, 5.41) is 13.5. The highest BCUT2D eigenvalue weighted by Crippen LogP contribution is 2.44. The van der Waals surface area contributed by atoms with E-state index in [2.05, 4.69) is 10.6 Å². The molecule has 2 amide bonds. The van der Waals surface area contributed by atoms with Gasteiger partial charge in [-0.15, -0.1) is 0 Å². The molecule has 174 valence electrons. The second kappa shape index (κ2) is 9.30. The molecule has 1 aliphatic carbocycles. The van der Waals surface area contributed by atoms with Crippen LogP contribution in [0.2, 0.25) is 0 Å². The molecule has 4 rings (SSSR count). The Morgan fingerprint density at radius 1 is 0.971 bits per heavy atom. The van der Waals surface area contributed by atoms with Crippen LogP contribution in [-0.4, -0.2) is 35.7 Å². The minimum atomic E-state index is -1.61. The monoisotopic (exact) mass is 466 g/mol. The van der Waals surface area contributed by atoms with Crippen molar-refractivity contribution < 1.29 is 33.0 Å². The van der Waals surface area contributed by atoms with E-state index in [1.807, 2.05) is 48.5 Å². The lowest BCUT2D eigenvalue weighted by Gasteiger charge is -2.17. The number of ether oxygens (including phenoxy) is 1. The molecule has 3 aromatic carbocycles. The number of amides is 2. The molecule has 0 heterocycles. The van der Waals surface area contributed by atoms with Crippen LogP contribution in [0.1, 0.15) is 34.3 Å². The van der Waals surface area contributed by atoms with Gasteiger partial charge in [-0.25, -0.2) is 18.4 Å². The average Bonchev–Trinajstić information content (AvgIpc) is 3.13. The second-order valence-electron chi connectivity index (χ2n) is 7.80. The molecule has 7 nitrogen and oxygen atoms in total. The highest BCUT2D eigenvalue weighted by molar-refractivity contribution is 5.98. The summed E-state index contributed by atoms with van der Waals surface area (Å²) >= 11 is 0. The van der Waals surface area contributed by atoms with Crippen molar-refractivity contribution in [2.75, 3.05) is 11.9 Å². The van der Waals surface area contributed by atoms with E-state index in [0.717, 1.165) is 22.3 Å². The van der Waals surface area contributed by atoms with Gasteiger partial charge in [-0.3, -0.25) is 4.79 Å². The van der Waals surface area contributed by atoms with E-state index in [0.29, 0.717) is 12.1 Å². The lowest BCUT2D eigenvalue weighted by Crippen LogP contribution is -2.42. The van der Waals surface area contributed by atoms with Crippen LogP contribution in [0.15, 0.2) is 60.7 Å². The quantitative estimate of drug-likeness (QED) is 0.495. The highest BCUT2D eigenvalue weighted by atomic mass is 19.1. The van der Waals surface area contributed by atoms with Crippen molar-refractivity contribution in [1.82, 2.24) is 5.32 Å². The third-order valence-corrected chi connectivity index (χ3v) is 5.62. The van der Waals surface area contributed by atoms with Crippen molar-refractivity contribution in [1.29, 1.82) is 0 Å². The maximum Gasteiger partial charge on any atom is 0.407 e. The maximum atomic E-state index is 14.0. The molecule has 3 N–H and O–H groups in total. The minimum Gasteiger partial charge on any atom is -0.478 e. The van der Waals surface area contributed by atoms with E-state index in [1.54, 1.807) is 0 Å². The molecule has 0 fully saturated rings. The van der Waals surface area contributed by atoms with Gasteiger partial charge in [0.05, 0.1) is 11.3 Å². The number of anilines is 1. The number of hydrogen-bond acceptors (Lipinski definition) is 4. The summed E-state index contributed by atoms with van der Waals surface area (Å²) in [7, 11) is 0. The van der Waals surface area contributed by atoms with E-state index in [1.165, 1.54) is 6.92 Å². The van der Waals surface area contributed by atoms with E-state index < -0.39 is 46.9 Å². The number of carbonyl (C=O) groups is 3. The van der Waals surface area contributed by atoms with Gasteiger partial charge in [-0.05, 0) is 35.2 Å². The van der Waals surface area contributed by atoms with E-state index in [4.69, 9.17) is 9.84 Å². The number of carboxylic acids is 1. The van der Waals surface area contributed by atoms with Gasteiger partial charge in [-0.1, -0.05) is 48.5 Å². The predicted octanol–water partition coefficient (Wildman–Crippen LogP) is 4.53. The largest absolute Gasteiger partial charge is 0.478 e. The first-order valence-corrected chi connectivity index (χ1v) is 10.4. The highest BCUT2D eigenvalue weighted by Gasteiger charge is 2.29. The Morgan fingerprint density at radius 2 is 1.56 bits per heavy atom. The summed E-state index contributed by atoms with van der Waals surface area (Å²) in [5.41, 5.74) is 2.88. The molecule has 0 bridgehead atoms. The van der Waals surface area contributed by atoms with Crippen molar-refractivity contribution >= 4 is 23.7 Å². The Bertz CT molecular complexity index is 1250. The van der Waals surface area contributed by atoms with Crippen LogP contribution in [0.5, 0.6) is 0 Å². The van der Waals surface area contributed by atoms with Crippen LogP contribution in [-0.2, 0) is 9.53 Å². The van der Waals surface area contributed by atoms with Gasteiger partial charge in [0, 0.05) is 12.0 Å². The Labute approximate surface area is 193 Å². The zero-order chi connectivity index (χ0) is 24.4. The van der Waals surface area contributed by atoms with Crippen molar-refractivity contribution in [2.45, 2.75) is 18.9 Å². The molecule has 0 aromatic heterocycles. The lowest BCUT2D eigenvalue weighted by atomic mass is 9.98. The number of halogens is 2. The predicted molar refractivity (Wildman–Crippen MR) is 120 cm³/mol. The molecule has 3 aromatic rings. The summed E-state index contributed by atoms with van der Waals surface area (Å²) in [4.78, 5) is 35.7. The van der Waals surface area contributed by atoms with Crippen molar-refractivity contribution in [3.63, 3.8) is 0 Å². The van der Waals surface area contributed by atoms with Crippen molar-refractivity contribution in [3.05, 3.63) is 89.0 Å². The number of benzene rings is 3. The number of fused-ring (bicyclic) bond motifs is 3. The van der Waals surface area contributed by atoms with Crippen LogP contribution in [0.25, 0.3) is 11.1 Å². The molecule has 0 saturated carbocycles. The number of rotatable bonds is 6. The second-order valence-corrected chi connectivity index (χ2v) is 7.80. The van der Waals surface area contributed by atoms with Crippen LogP contribution >= 0.6 is 0 Å². The fraction of sp³-hybridized carbons (Fsp3) is 0.160. The smallest absolute Gasteiger partial charge is 0.407 e. The zero-order valence-corrected chi connectivity index (χ0v) is 18.0. The average molecular weight is 466 g/mol. The summed E-state index contributed by atoms with van der Waals surface area (Å²) < 4.78 is 32.9. The normalized spacial score (nSPS) is 12.9. The molecule has 0 radical (unpaired) electrons. The molecular formula is C25H20F2N2O5. The first-order chi connectivity index (χ1) is 16.3. The number of nitrogens with one attached hydrogen (secondary N) is 2. The van der Waals surface area contributed by atoms with Gasteiger partial charge in [0.2, 0.25) is 5.91 Å². The zero-order valence-electron chi connectivity index (χ0n) is 18.0. The lowest BCUT2D eigenvalue weighted by molar-refractivity contribution is -0.117. The van der Waals surface area contributed by atoms with Gasteiger partial charge >= 0.3 is 12.1 Å². The Morgan fingerprint density at radius 3 is 2.15 bits per heavy atom. The third-order valence-electron chi connectivity index (χ3n) is 5.62. The molecular weight excluding hydrogens is 446 g/mol. The number of carbonyl (C=O) groups excluding carboxylic acids is 2. The third kappa shape index (κ3) is 4.45. The topological polar surface area (TPSA) is 105 Å². The van der Waals surface area contributed by atoms with E-state index >= 15 is 0 Å². The van der Waals surface area contributed by atoms with Crippen LogP contribution in [0.4, 0.5) is 19.3 Å². The molecule has 0 aliphatic heterocycles. The van der Waals surface area contributed by atoms with Crippen LogP contribution < -0.4 is 10.6 Å². The number of alkyl carbamates (subject to hydrolysis) is 1. The standard InChI is InChI=1S/C25H20F2N2O5/c1-13(23(30)29-22-10-18(24(31)32)20(26)11-21(22)27)28-25(33)34-12-19-16-8-4-2-6-14(16)15-7-3-5-9-17(15)19/h2-11,13,19H,12H2,1H3,(H,28,33)(H,29,30)(H,31,32)/t13-/m1/s1. The fourth-order valence-corrected chi connectivity index (χ4v) is 3.93. The summed E-state index contributed by atoms with van der Waals surface area (Å²) in [6, 6.07) is 15.5. The van der Waals surface area contributed by atoms with E-state index in [-0.39, 0.29) is 12.5 Å². The molecule has 9 heteroatoms. The first kappa shape index (κ1) is 22.9. The number of aromatic carboxylic acids is 1. The summed E-state index contributed by atoms with van der Waals surface area (Å²) in [5.74, 6) is -5.03. The Hall–Kier alpha value is -4.27. The summed E-state index contributed by atoms with van der Waals surface area (Å²) in [6.07, 6.45) is -0.852. The van der Waals surface area contributed by atoms with Gasteiger partial charge in [0.1, 0.15) is 24.3 Å². The fourth-order valence-electron chi connectivity index (χ4n) is 3.93. The van der Waals surface area contributed by atoms with E-state index in [9.17, 15) is 23.2 Å². The number of hydrogen-bond donors (Lipinski definition) is 3. The Balaban J connectivity index is 1.38. The molecule has 34 heavy (non-hydrogen) atoms. The first-order valence-electron chi connectivity index (χ1n) is 10.4. The molecule has 1 aliphatic rings. The van der Waals surface area contributed by atoms with Crippen LogP contribution in [0, 0.1) is 11.6 Å². The van der Waals surface area contributed by atoms with Crippen molar-refractivity contribution in [3.8, 4) is 11.1 Å². The number of carboxylic acid groups (broad SMARTS) is 1. The SMILES string of the molecule is C[C@@H](NC(=O)OCC1c2ccccc2-c2ccccc21)C(=O)Nc1cc(C(=O)O)c(F)cc1F. The van der Waals surface area contributed by atoms with Gasteiger partial charge in [-0.2, -0.15) is 0 Å². The van der Waals surface area contributed by atoms with Gasteiger partial charge in [0.25, 0.3) is 0 Å². The molecule has 0 saturated heterocycles. The Kier molecular flexibility index (Phi) is 6.27. The molecule has 1 atom stereocenters. The minimum absolute atomic E-state index is 0.0444.